The van der Waals surface area contributed by atoms with E-state index >= 15 is 0 Å². The number of halogens is 1. The molecular formula is C31H24ClN5O4. The number of hydrogen-bond donors (Lipinski definition) is 2. The van der Waals surface area contributed by atoms with Crippen LogP contribution in [0.5, 0.6) is 0 Å². The lowest BCUT2D eigenvalue weighted by atomic mass is 10.0. The van der Waals surface area contributed by atoms with Crippen molar-refractivity contribution in [3.05, 3.63) is 106 Å². The highest BCUT2D eigenvalue weighted by atomic mass is 35.5. The number of pyridine rings is 1. The number of aromatic nitrogens is 3. The number of carbonyl (C=O) groups is 3. The molecule has 0 aliphatic carbocycles. The molecule has 2 aromatic carbocycles. The monoisotopic (exact) mass is 565 g/mol. The quantitative estimate of drug-likeness (QED) is 0.295. The third kappa shape index (κ3) is 5.13. The van der Waals surface area contributed by atoms with Gasteiger partial charge in [0.1, 0.15) is 11.3 Å². The van der Waals surface area contributed by atoms with Gasteiger partial charge in [-0.05, 0) is 54.3 Å². The van der Waals surface area contributed by atoms with Crippen molar-refractivity contribution < 1.29 is 19.1 Å². The van der Waals surface area contributed by atoms with E-state index in [1.54, 1.807) is 30.6 Å². The van der Waals surface area contributed by atoms with Gasteiger partial charge >= 0.3 is 6.09 Å². The Balaban J connectivity index is 1.08. The number of hydrogen-bond acceptors (Lipinski definition) is 5. The van der Waals surface area contributed by atoms with Crippen LogP contribution in [-0.2, 0) is 16.0 Å². The first kappa shape index (κ1) is 26.2. The van der Waals surface area contributed by atoms with Crippen molar-refractivity contribution >= 4 is 46.1 Å². The molecule has 3 amide bonds. The summed E-state index contributed by atoms with van der Waals surface area (Å²) in [5.74, 6) is 5.48. The number of nitrogens with zero attached hydrogens (tertiary/aromatic N) is 3. The predicted octanol–water partition coefficient (Wildman–Crippen LogP) is 4.50. The summed E-state index contributed by atoms with van der Waals surface area (Å²) in [5, 5.41) is 4.21. The van der Waals surface area contributed by atoms with Crippen LogP contribution in [0.25, 0.3) is 16.6 Å². The van der Waals surface area contributed by atoms with Crippen molar-refractivity contribution in [3.8, 4) is 11.8 Å². The van der Waals surface area contributed by atoms with Crippen LogP contribution in [-0.4, -0.2) is 56.4 Å². The summed E-state index contributed by atoms with van der Waals surface area (Å²) in [7, 11) is 0. The Bertz CT molecular complexity index is 1900. The van der Waals surface area contributed by atoms with E-state index in [1.165, 1.54) is 0 Å². The molecule has 6 rings (SSSR count). The van der Waals surface area contributed by atoms with Crippen molar-refractivity contribution in [2.75, 3.05) is 13.1 Å². The van der Waals surface area contributed by atoms with Crippen LogP contribution in [0, 0.1) is 18.8 Å². The summed E-state index contributed by atoms with van der Waals surface area (Å²) in [6.07, 6.45) is 3.91. The molecule has 5 aromatic rings. The number of imide groups is 1. The van der Waals surface area contributed by atoms with E-state index in [0.29, 0.717) is 16.1 Å². The zero-order valence-corrected chi connectivity index (χ0v) is 22.7. The number of benzene rings is 2. The van der Waals surface area contributed by atoms with Gasteiger partial charge in [0.15, 0.2) is 6.10 Å². The molecule has 0 bridgehead atoms. The second kappa shape index (κ2) is 10.8. The summed E-state index contributed by atoms with van der Waals surface area (Å²) in [5.41, 5.74) is 5.19. The van der Waals surface area contributed by atoms with Crippen LogP contribution in [0.1, 0.15) is 32.7 Å². The van der Waals surface area contributed by atoms with E-state index < -0.39 is 18.1 Å². The summed E-state index contributed by atoms with van der Waals surface area (Å²) < 4.78 is 7.24. The standard InChI is InChI=1S/C31H24ClN5O4/c1-19-8-9-21(15-20(19)10-11-23-18-34-27-7-2-3-13-36(23)27)29(38)33-12-14-37-30(39)26(41-31(37)40)16-22-17-35-28-24(22)5-4-6-25(28)32/h2-9,13,15,17-18,26,35H,12,14,16H2,1H3,(H,33,38). The number of H-pyrrole nitrogens is 1. The first-order chi connectivity index (χ1) is 19.9. The molecule has 0 radical (unpaired) electrons. The molecule has 3 aromatic heterocycles. The SMILES string of the molecule is Cc1ccc(C(=O)NCCN2C(=O)OC(Cc3c[nH]c4c(Cl)cccc34)C2=O)cc1C#Cc1cnc2ccccn12. The van der Waals surface area contributed by atoms with Gasteiger partial charge in [0, 0.05) is 48.4 Å². The van der Waals surface area contributed by atoms with Gasteiger partial charge in [-0.25, -0.2) is 14.7 Å². The van der Waals surface area contributed by atoms with Crippen LogP contribution in [0.3, 0.4) is 0 Å². The van der Waals surface area contributed by atoms with E-state index in [4.69, 9.17) is 16.3 Å². The number of para-hydroxylation sites is 1. The Morgan fingerprint density at radius 3 is 2.90 bits per heavy atom. The zero-order chi connectivity index (χ0) is 28.5. The normalized spacial score (nSPS) is 14.8. The van der Waals surface area contributed by atoms with Crippen LogP contribution < -0.4 is 5.32 Å². The van der Waals surface area contributed by atoms with E-state index in [-0.39, 0.29) is 25.4 Å². The largest absolute Gasteiger partial charge is 0.435 e. The van der Waals surface area contributed by atoms with Crippen LogP contribution in [0.2, 0.25) is 5.02 Å². The second-order valence-electron chi connectivity index (χ2n) is 9.65. The third-order valence-corrected chi connectivity index (χ3v) is 7.34. The maximum Gasteiger partial charge on any atom is 0.417 e. The van der Waals surface area contributed by atoms with Gasteiger partial charge in [0.05, 0.1) is 16.7 Å². The molecule has 1 saturated heterocycles. The highest BCUT2D eigenvalue weighted by Crippen LogP contribution is 2.27. The minimum absolute atomic E-state index is 0.00751. The Morgan fingerprint density at radius 1 is 1.15 bits per heavy atom. The first-order valence-corrected chi connectivity index (χ1v) is 13.4. The minimum Gasteiger partial charge on any atom is -0.435 e. The molecule has 41 heavy (non-hydrogen) atoms. The van der Waals surface area contributed by atoms with Crippen molar-refractivity contribution in [2.24, 2.45) is 0 Å². The van der Waals surface area contributed by atoms with E-state index in [9.17, 15) is 14.4 Å². The number of imidazole rings is 1. The highest BCUT2D eigenvalue weighted by molar-refractivity contribution is 6.35. The number of cyclic esters (lactones) is 1. The molecular weight excluding hydrogens is 542 g/mol. The van der Waals surface area contributed by atoms with Crippen molar-refractivity contribution in [1.82, 2.24) is 24.6 Å². The second-order valence-corrected chi connectivity index (χ2v) is 10.1. The summed E-state index contributed by atoms with van der Waals surface area (Å²) >= 11 is 6.23. The zero-order valence-electron chi connectivity index (χ0n) is 22.0. The average Bonchev–Trinajstić information content (AvgIpc) is 3.65. The number of amides is 3. The molecule has 9 nitrogen and oxygen atoms in total. The van der Waals surface area contributed by atoms with Crippen LogP contribution in [0.15, 0.2) is 73.2 Å². The molecule has 1 unspecified atom stereocenters. The molecule has 1 aliphatic heterocycles. The third-order valence-electron chi connectivity index (χ3n) is 7.02. The fourth-order valence-electron chi connectivity index (χ4n) is 4.81. The summed E-state index contributed by atoms with van der Waals surface area (Å²) in [6, 6.07) is 16.5. The number of rotatable bonds is 6. The summed E-state index contributed by atoms with van der Waals surface area (Å²) in [6.45, 7) is 1.99. The molecule has 4 heterocycles. The predicted molar refractivity (Wildman–Crippen MR) is 154 cm³/mol. The molecule has 2 N–H and O–H groups in total. The lowest BCUT2D eigenvalue weighted by Gasteiger charge is -2.12. The van der Waals surface area contributed by atoms with E-state index in [2.05, 4.69) is 27.1 Å². The number of aromatic amines is 1. The molecule has 204 valence electrons. The molecule has 1 aliphatic rings. The molecule has 0 saturated carbocycles. The lowest BCUT2D eigenvalue weighted by molar-refractivity contribution is -0.129. The summed E-state index contributed by atoms with van der Waals surface area (Å²) in [4.78, 5) is 46.7. The van der Waals surface area contributed by atoms with Crippen LogP contribution in [0.4, 0.5) is 4.79 Å². The fourth-order valence-corrected chi connectivity index (χ4v) is 5.04. The van der Waals surface area contributed by atoms with E-state index in [1.807, 2.05) is 53.9 Å². The Morgan fingerprint density at radius 2 is 2.02 bits per heavy atom. The average molecular weight is 566 g/mol. The van der Waals surface area contributed by atoms with Gasteiger partial charge in [0.25, 0.3) is 11.8 Å². The van der Waals surface area contributed by atoms with Gasteiger partial charge in [-0.1, -0.05) is 41.8 Å². The van der Waals surface area contributed by atoms with E-state index in [0.717, 1.165) is 38.3 Å². The molecule has 0 spiro atoms. The van der Waals surface area contributed by atoms with Gasteiger partial charge in [-0.15, -0.1) is 0 Å². The van der Waals surface area contributed by atoms with Crippen LogP contribution >= 0.6 is 11.6 Å². The van der Waals surface area contributed by atoms with Gasteiger partial charge in [-0.3, -0.25) is 14.0 Å². The topological polar surface area (TPSA) is 109 Å². The van der Waals surface area contributed by atoms with Crippen molar-refractivity contribution in [3.63, 3.8) is 0 Å². The Labute approximate surface area is 240 Å². The molecule has 10 heteroatoms. The smallest absolute Gasteiger partial charge is 0.417 e. The number of aryl methyl sites for hydroxylation is 1. The number of fused-ring (bicyclic) bond motifs is 2. The number of ether oxygens (including phenoxy) is 1. The highest BCUT2D eigenvalue weighted by Gasteiger charge is 2.40. The molecule has 1 atom stereocenters. The van der Waals surface area contributed by atoms with Gasteiger partial charge in [-0.2, -0.15) is 0 Å². The maximum absolute atomic E-state index is 12.9. The van der Waals surface area contributed by atoms with Crippen molar-refractivity contribution in [1.29, 1.82) is 0 Å². The maximum atomic E-state index is 12.9. The van der Waals surface area contributed by atoms with Gasteiger partial charge < -0.3 is 15.0 Å². The Hall–Kier alpha value is -5.07. The molecule has 1 fully saturated rings. The first-order valence-electron chi connectivity index (χ1n) is 13.0. The number of nitrogens with one attached hydrogen (secondary N) is 2. The number of carbonyl (C=O) groups excluding carboxylic acids is 3. The minimum atomic E-state index is -0.942. The lowest BCUT2D eigenvalue weighted by Crippen LogP contribution is -2.39. The fraction of sp³-hybridized carbons (Fsp3) is 0.161. The van der Waals surface area contributed by atoms with Crippen molar-refractivity contribution in [2.45, 2.75) is 19.4 Å². The van der Waals surface area contributed by atoms with Gasteiger partial charge in [0.2, 0.25) is 0 Å². The Kier molecular flexibility index (Phi) is 6.91.